The fourth-order valence-electron chi connectivity index (χ4n) is 2.57. The lowest BCUT2D eigenvalue weighted by Gasteiger charge is -2.18. The fraction of sp³-hybridized carbons (Fsp3) is 0.267. The van der Waals surface area contributed by atoms with E-state index in [1.54, 1.807) is 16.8 Å². The molecule has 1 fully saturated rings. The number of fused-ring (bicyclic) bond motifs is 1. The number of amides is 2. The molecule has 21 heavy (non-hydrogen) atoms. The molecule has 0 atom stereocenters. The molecule has 2 aliphatic heterocycles. The summed E-state index contributed by atoms with van der Waals surface area (Å²) < 4.78 is 0.511. The highest BCUT2D eigenvalue weighted by Gasteiger charge is 2.41. The molecule has 2 heterocycles. The van der Waals surface area contributed by atoms with Gasteiger partial charge in [0.15, 0.2) is 0 Å². The Labute approximate surface area is 132 Å². The van der Waals surface area contributed by atoms with Crippen molar-refractivity contribution in [2.45, 2.75) is 19.9 Å². The summed E-state index contributed by atoms with van der Waals surface area (Å²) in [5, 5.41) is 0. The second kappa shape index (κ2) is 4.96. The Bertz CT molecular complexity index is 709. The summed E-state index contributed by atoms with van der Waals surface area (Å²) in [5.74, 6) is -0.325. The van der Waals surface area contributed by atoms with Crippen LogP contribution in [0.2, 0.25) is 0 Å². The second-order valence-electron chi connectivity index (χ2n) is 5.22. The van der Waals surface area contributed by atoms with Crippen molar-refractivity contribution < 1.29 is 9.59 Å². The van der Waals surface area contributed by atoms with E-state index in [1.165, 1.54) is 11.8 Å². The van der Waals surface area contributed by atoms with Crippen LogP contribution in [0.4, 0.5) is 5.69 Å². The molecular formula is C15H14N2O2S2. The molecule has 3 rings (SSSR count). The number of carbonyl (C=O) groups excluding carboxylic acids is 2. The van der Waals surface area contributed by atoms with Crippen molar-refractivity contribution in [3.63, 3.8) is 0 Å². The monoisotopic (exact) mass is 318 g/mol. The maximum Gasteiger partial charge on any atom is 0.267 e. The van der Waals surface area contributed by atoms with Gasteiger partial charge in [-0.2, -0.15) is 0 Å². The number of hydrogen-bond donors (Lipinski definition) is 0. The topological polar surface area (TPSA) is 40.6 Å². The van der Waals surface area contributed by atoms with Gasteiger partial charge in [0.2, 0.25) is 0 Å². The summed E-state index contributed by atoms with van der Waals surface area (Å²) in [7, 11) is 1.72. The lowest BCUT2D eigenvalue weighted by molar-refractivity contribution is -0.123. The Kier molecular flexibility index (Phi) is 3.37. The Morgan fingerprint density at radius 1 is 1.14 bits per heavy atom. The molecule has 0 aromatic heterocycles. The molecule has 1 saturated heterocycles. The molecule has 2 aliphatic rings. The first-order valence-corrected chi connectivity index (χ1v) is 7.83. The van der Waals surface area contributed by atoms with Gasteiger partial charge in [-0.1, -0.05) is 42.2 Å². The molecule has 4 nitrogen and oxygen atoms in total. The van der Waals surface area contributed by atoms with Crippen molar-refractivity contribution in [1.29, 1.82) is 0 Å². The molecule has 1 aromatic rings. The zero-order chi connectivity index (χ0) is 15.3. The second-order valence-corrected chi connectivity index (χ2v) is 6.87. The van der Waals surface area contributed by atoms with E-state index in [0.717, 1.165) is 11.3 Å². The molecule has 0 radical (unpaired) electrons. The quantitative estimate of drug-likeness (QED) is 0.589. The predicted octanol–water partition coefficient (Wildman–Crippen LogP) is 2.64. The van der Waals surface area contributed by atoms with Crippen molar-refractivity contribution in [2.75, 3.05) is 11.9 Å². The van der Waals surface area contributed by atoms with Crippen LogP contribution in [0, 0.1) is 0 Å². The number of para-hydroxylation sites is 1. The van der Waals surface area contributed by atoms with Crippen LogP contribution in [0.15, 0.2) is 29.2 Å². The van der Waals surface area contributed by atoms with Crippen molar-refractivity contribution >= 4 is 51.4 Å². The van der Waals surface area contributed by atoms with Crippen LogP contribution in [-0.2, 0) is 9.59 Å². The zero-order valence-corrected chi connectivity index (χ0v) is 13.5. The van der Waals surface area contributed by atoms with Crippen molar-refractivity contribution in [2.24, 2.45) is 0 Å². The van der Waals surface area contributed by atoms with Gasteiger partial charge in [0.25, 0.3) is 11.8 Å². The number of likely N-dealkylation sites (N-methyl/N-ethyl adjacent to an activating group) is 1. The van der Waals surface area contributed by atoms with Crippen LogP contribution in [-0.4, -0.2) is 34.1 Å². The van der Waals surface area contributed by atoms with Gasteiger partial charge in [-0.15, -0.1) is 0 Å². The van der Waals surface area contributed by atoms with Gasteiger partial charge in [0.1, 0.15) is 4.32 Å². The number of rotatable bonds is 1. The van der Waals surface area contributed by atoms with E-state index in [0.29, 0.717) is 14.8 Å². The maximum absolute atomic E-state index is 12.6. The predicted molar refractivity (Wildman–Crippen MR) is 88.9 cm³/mol. The summed E-state index contributed by atoms with van der Waals surface area (Å²) >= 11 is 6.50. The van der Waals surface area contributed by atoms with Gasteiger partial charge in [-0.05, 0) is 19.9 Å². The van der Waals surface area contributed by atoms with Crippen LogP contribution in [0.3, 0.4) is 0 Å². The standard InChI is InChI=1S/C15H14N2O2S2/c1-8(2)17-14(19)12(21-15(17)20)11-9-6-4-5-7-10(9)16(3)13(11)18/h4-8H,1-3H3/b12-11+. The molecule has 2 amide bonds. The van der Waals surface area contributed by atoms with E-state index < -0.39 is 0 Å². The van der Waals surface area contributed by atoms with Crippen LogP contribution in [0.25, 0.3) is 5.57 Å². The van der Waals surface area contributed by atoms with Crippen molar-refractivity contribution in [3.05, 3.63) is 34.7 Å². The summed E-state index contributed by atoms with van der Waals surface area (Å²) in [6, 6.07) is 7.48. The first-order valence-electron chi connectivity index (χ1n) is 6.60. The molecular weight excluding hydrogens is 304 g/mol. The molecule has 0 saturated carbocycles. The van der Waals surface area contributed by atoms with Gasteiger partial charge in [-0.3, -0.25) is 14.5 Å². The highest BCUT2D eigenvalue weighted by Crippen LogP contribution is 2.44. The third-order valence-electron chi connectivity index (χ3n) is 3.60. The first kappa shape index (κ1) is 14.3. The van der Waals surface area contributed by atoms with Crippen LogP contribution in [0.1, 0.15) is 19.4 Å². The van der Waals surface area contributed by atoms with Gasteiger partial charge < -0.3 is 4.90 Å². The lowest BCUT2D eigenvalue weighted by atomic mass is 10.1. The van der Waals surface area contributed by atoms with Crippen molar-refractivity contribution in [3.8, 4) is 0 Å². The smallest absolute Gasteiger partial charge is 0.267 e. The summed E-state index contributed by atoms with van der Waals surface area (Å²) in [5.41, 5.74) is 2.09. The summed E-state index contributed by atoms with van der Waals surface area (Å²) in [6.45, 7) is 3.82. The SMILES string of the molecule is CC(C)N1C(=O)/C(=C2\C(=O)N(C)c3ccccc32)SC1=S. The number of nitrogens with zero attached hydrogens (tertiary/aromatic N) is 2. The lowest BCUT2D eigenvalue weighted by Crippen LogP contribution is -2.34. The molecule has 1 aromatic carbocycles. The molecule has 0 aliphatic carbocycles. The highest BCUT2D eigenvalue weighted by atomic mass is 32.2. The third-order valence-corrected chi connectivity index (χ3v) is 5.00. The summed E-state index contributed by atoms with van der Waals surface area (Å²) in [4.78, 5) is 28.7. The van der Waals surface area contributed by atoms with Crippen LogP contribution in [0.5, 0.6) is 0 Å². The maximum atomic E-state index is 12.6. The largest absolute Gasteiger partial charge is 0.311 e. The Balaban J connectivity index is 2.18. The molecule has 0 bridgehead atoms. The van der Waals surface area contributed by atoms with E-state index in [-0.39, 0.29) is 17.9 Å². The van der Waals surface area contributed by atoms with E-state index in [4.69, 9.17) is 12.2 Å². The average molecular weight is 318 g/mol. The Morgan fingerprint density at radius 2 is 1.81 bits per heavy atom. The number of thiocarbonyl (C=S) groups is 1. The molecule has 6 heteroatoms. The van der Waals surface area contributed by atoms with Gasteiger partial charge in [0, 0.05) is 18.7 Å². The Hall–Kier alpha value is -1.66. The number of benzene rings is 1. The molecule has 0 unspecified atom stereocenters. The number of anilines is 1. The minimum atomic E-state index is -0.173. The summed E-state index contributed by atoms with van der Waals surface area (Å²) in [6.07, 6.45) is 0. The van der Waals surface area contributed by atoms with Gasteiger partial charge in [0.05, 0.1) is 16.2 Å². The third kappa shape index (κ3) is 2.01. The van der Waals surface area contributed by atoms with Gasteiger partial charge in [-0.25, -0.2) is 0 Å². The van der Waals surface area contributed by atoms with Crippen molar-refractivity contribution in [1.82, 2.24) is 4.90 Å². The number of thioether (sulfide) groups is 1. The van der Waals surface area contributed by atoms with E-state index in [2.05, 4.69) is 0 Å². The zero-order valence-electron chi connectivity index (χ0n) is 11.9. The van der Waals surface area contributed by atoms with E-state index in [1.807, 2.05) is 38.1 Å². The fourth-order valence-corrected chi connectivity index (χ4v) is 4.16. The minimum Gasteiger partial charge on any atom is -0.311 e. The molecule has 0 spiro atoms. The molecule has 108 valence electrons. The van der Waals surface area contributed by atoms with Crippen LogP contribution < -0.4 is 4.90 Å². The van der Waals surface area contributed by atoms with E-state index in [9.17, 15) is 9.59 Å². The normalized spacial score (nSPS) is 21.8. The average Bonchev–Trinajstić information content (AvgIpc) is 2.86. The number of carbonyl (C=O) groups is 2. The highest BCUT2D eigenvalue weighted by molar-refractivity contribution is 8.26. The minimum absolute atomic E-state index is 0.0138. The van der Waals surface area contributed by atoms with Gasteiger partial charge >= 0.3 is 0 Å². The molecule has 0 N–H and O–H groups in total. The number of hydrogen-bond acceptors (Lipinski definition) is 4. The van der Waals surface area contributed by atoms with E-state index >= 15 is 0 Å². The van der Waals surface area contributed by atoms with Crippen LogP contribution >= 0.6 is 24.0 Å². The Morgan fingerprint density at radius 3 is 2.43 bits per heavy atom. The first-order chi connectivity index (χ1) is 9.93.